The van der Waals surface area contributed by atoms with E-state index >= 15 is 0 Å². The van der Waals surface area contributed by atoms with Crippen LogP contribution in [0.15, 0.2) is 0 Å². The van der Waals surface area contributed by atoms with Crippen LogP contribution in [-0.4, -0.2) is 37.4 Å². The number of carbonyl (C=O) groups is 1. The fourth-order valence-electron chi connectivity index (χ4n) is 1.19. The average molecular weight is 226 g/mol. The quantitative estimate of drug-likeness (QED) is 0.718. The Labute approximate surface area is 84.9 Å². The summed E-state index contributed by atoms with van der Waals surface area (Å²) in [4.78, 5) is 11.2. The molecule has 1 rings (SSSR count). The van der Waals surface area contributed by atoms with Gasteiger partial charge in [0.05, 0.1) is 6.61 Å². The first-order valence-corrected chi connectivity index (χ1v) is 4.46. The maximum atomic E-state index is 12.4. The molecule has 0 heterocycles. The zero-order chi connectivity index (χ0) is 11.7. The molecule has 15 heavy (non-hydrogen) atoms. The van der Waals surface area contributed by atoms with E-state index in [1.165, 1.54) is 7.11 Å². The van der Waals surface area contributed by atoms with Crippen LogP contribution in [0, 0.1) is 0 Å². The zero-order valence-electron chi connectivity index (χ0n) is 8.23. The van der Waals surface area contributed by atoms with Crippen molar-refractivity contribution in [3.63, 3.8) is 0 Å². The van der Waals surface area contributed by atoms with Gasteiger partial charge in [0.2, 0.25) is 5.91 Å². The minimum absolute atomic E-state index is 0.0814. The lowest BCUT2D eigenvalue weighted by molar-refractivity contribution is -0.171. The highest BCUT2D eigenvalue weighted by Gasteiger charge is 2.64. The summed E-state index contributed by atoms with van der Waals surface area (Å²) in [6.45, 7) is -0.0974. The molecule has 4 nitrogen and oxygen atoms in total. The third kappa shape index (κ3) is 2.60. The molecule has 0 aromatic rings. The fraction of sp³-hybridized carbons (Fsp3) is 0.875. The summed E-state index contributed by atoms with van der Waals surface area (Å²) in [7, 11) is 1.32. The van der Waals surface area contributed by atoms with Crippen LogP contribution in [0.5, 0.6) is 0 Å². The second-order valence-corrected chi connectivity index (χ2v) is 3.63. The first kappa shape index (κ1) is 12.3. The molecule has 7 heteroatoms. The molecule has 1 fully saturated rings. The first-order valence-electron chi connectivity index (χ1n) is 4.46. The van der Waals surface area contributed by atoms with Crippen LogP contribution in [0.2, 0.25) is 0 Å². The summed E-state index contributed by atoms with van der Waals surface area (Å²) in [6.07, 6.45) is -4.57. The second-order valence-electron chi connectivity index (χ2n) is 3.63. The van der Waals surface area contributed by atoms with Gasteiger partial charge in [-0.3, -0.25) is 4.79 Å². The Bertz CT molecular complexity index is 251. The zero-order valence-corrected chi connectivity index (χ0v) is 8.23. The minimum Gasteiger partial charge on any atom is -0.383 e. The molecule has 0 spiro atoms. The van der Waals surface area contributed by atoms with Gasteiger partial charge in [0.1, 0.15) is 11.6 Å². The van der Waals surface area contributed by atoms with Gasteiger partial charge in [-0.25, -0.2) is 0 Å². The van der Waals surface area contributed by atoms with E-state index in [4.69, 9.17) is 5.73 Å². The summed E-state index contributed by atoms with van der Waals surface area (Å²) < 4.78 is 41.8. The number of hydrogen-bond acceptors (Lipinski definition) is 3. The number of hydrogen-bond donors (Lipinski definition) is 2. The Morgan fingerprint density at radius 2 is 2.13 bits per heavy atom. The fourth-order valence-corrected chi connectivity index (χ4v) is 1.19. The maximum Gasteiger partial charge on any atom is 0.411 e. The van der Waals surface area contributed by atoms with Crippen molar-refractivity contribution in [2.45, 2.75) is 30.6 Å². The Balaban J connectivity index is 2.52. The molecular weight excluding hydrogens is 213 g/mol. The van der Waals surface area contributed by atoms with Crippen LogP contribution in [-0.2, 0) is 9.53 Å². The van der Waals surface area contributed by atoms with Gasteiger partial charge >= 0.3 is 6.18 Å². The predicted octanol–water partition coefficient (Wildman–Crippen LogP) is 0.171. The van der Waals surface area contributed by atoms with E-state index in [0.717, 1.165) is 0 Å². The number of rotatable bonds is 4. The normalized spacial score (nSPS) is 20.9. The van der Waals surface area contributed by atoms with Gasteiger partial charge in [-0.1, -0.05) is 0 Å². The predicted molar refractivity (Wildman–Crippen MR) is 46.0 cm³/mol. The number of nitrogens with two attached hydrogens (primary N) is 1. The number of carbonyl (C=O) groups excluding carboxylic acids is 1. The van der Waals surface area contributed by atoms with Gasteiger partial charge in [-0.15, -0.1) is 0 Å². The van der Waals surface area contributed by atoms with Crippen LogP contribution in [0.3, 0.4) is 0 Å². The molecule has 0 aromatic carbocycles. The van der Waals surface area contributed by atoms with Crippen molar-refractivity contribution in [3.05, 3.63) is 0 Å². The van der Waals surface area contributed by atoms with Crippen LogP contribution >= 0.6 is 0 Å². The Morgan fingerprint density at radius 1 is 1.60 bits per heavy atom. The summed E-state index contributed by atoms with van der Waals surface area (Å²) in [5.74, 6) is -0.827. The summed E-state index contributed by atoms with van der Waals surface area (Å²) in [5, 5.41) is 1.92. The summed E-state index contributed by atoms with van der Waals surface area (Å²) in [6, 6.07) is -1.06. The smallest absolute Gasteiger partial charge is 0.383 e. The molecule has 3 N–H and O–H groups in total. The highest BCUT2D eigenvalue weighted by atomic mass is 19.4. The van der Waals surface area contributed by atoms with Crippen LogP contribution in [0.1, 0.15) is 12.8 Å². The van der Waals surface area contributed by atoms with E-state index in [9.17, 15) is 18.0 Å². The maximum absolute atomic E-state index is 12.4. The number of alkyl halides is 3. The molecule has 1 aliphatic rings. The molecule has 0 aromatic heterocycles. The van der Waals surface area contributed by atoms with Gasteiger partial charge in [0.25, 0.3) is 0 Å². The van der Waals surface area contributed by atoms with E-state index in [1.54, 1.807) is 0 Å². The van der Waals surface area contributed by atoms with Crippen molar-refractivity contribution in [2.24, 2.45) is 5.73 Å². The second kappa shape index (κ2) is 3.97. The number of methoxy groups -OCH3 is 1. The number of amides is 1. The van der Waals surface area contributed by atoms with Gasteiger partial charge in [0.15, 0.2) is 0 Å². The van der Waals surface area contributed by atoms with Gasteiger partial charge in [0, 0.05) is 7.11 Å². The number of halogens is 3. The topological polar surface area (TPSA) is 64.3 Å². The van der Waals surface area contributed by atoms with Crippen LogP contribution in [0.4, 0.5) is 13.2 Å². The minimum atomic E-state index is -4.41. The molecule has 1 unspecified atom stereocenters. The third-order valence-corrected chi connectivity index (χ3v) is 2.34. The molecule has 0 aliphatic heterocycles. The van der Waals surface area contributed by atoms with E-state index in [-0.39, 0.29) is 19.4 Å². The lowest BCUT2D eigenvalue weighted by Gasteiger charge is -2.22. The summed E-state index contributed by atoms with van der Waals surface area (Å²) >= 11 is 0. The van der Waals surface area contributed by atoms with Crippen molar-refractivity contribution in [2.75, 3.05) is 13.7 Å². The standard InChI is InChI=1S/C8H13F3N2O2/c1-15-4-5(12)6(14)13-7(2-3-7)8(9,10)11/h5H,2-4,12H2,1H3,(H,13,14). The van der Waals surface area contributed by atoms with Crippen molar-refractivity contribution in [1.29, 1.82) is 0 Å². The SMILES string of the molecule is COCC(N)C(=O)NC1(C(F)(F)F)CC1. The lowest BCUT2D eigenvalue weighted by Crippen LogP contribution is -2.54. The highest BCUT2D eigenvalue weighted by Crippen LogP contribution is 2.48. The lowest BCUT2D eigenvalue weighted by atomic mass is 10.2. The Hall–Kier alpha value is -0.820. The number of ether oxygens (including phenoxy) is 1. The first-order chi connectivity index (χ1) is 6.82. The molecule has 1 aliphatic carbocycles. The van der Waals surface area contributed by atoms with Crippen molar-refractivity contribution >= 4 is 5.91 Å². The molecule has 88 valence electrons. The highest BCUT2D eigenvalue weighted by molar-refractivity contribution is 5.82. The van der Waals surface area contributed by atoms with Crippen LogP contribution in [0.25, 0.3) is 0 Å². The average Bonchev–Trinajstić information content (AvgIpc) is 2.84. The van der Waals surface area contributed by atoms with E-state index in [2.05, 4.69) is 4.74 Å². The monoisotopic (exact) mass is 226 g/mol. The van der Waals surface area contributed by atoms with Gasteiger partial charge in [-0.2, -0.15) is 13.2 Å². The molecular formula is C8H13F3N2O2. The third-order valence-electron chi connectivity index (χ3n) is 2.34. The molecule has 0 saturated heterocycles. The van der Waals surface area contributed by atoms with Gasteiger partial charge in [-0.05, 0) is 12.8 Å². The van der Waals surface area contributed by atoms with Crippen molar-refractivity contribution < 1.29 is 22.7 Å². The van der Waals surface area contributed by atoms with E-state index in [0.29, 0.717) is 0 Å². The molecule has 1 saturated carbocycles. The van der Waals surface area contributed by atoms with E-state index in [1.807, 2.05) is 5.32 Å². The van der Waals surface area contributed by atoms with Gasteiger partial charge < -0.3 is 15.8 Å². The van der Waals surface area contributed by atoms with Crippen molar-refractivity contribution in [3.8, 4) is 0 Å². The Morgan fingerprint density at radius 3 is 2.47 bits per heavy atom. The molecule has 0 bridgehead atoms. The van der Waals surface area contributed by atoms with Crippen molar-refractivity contribution in [1.82, 2.24) is 5.32 Å². The van der Waals surface area contributed by atoms with E-state index < -0.39 is 23.7 Å². The largest absolute Gasteiger partial charge is 0.411 e. The molecule has 1 atom stereocenters. The summed E-state index contributed by atoms with van der Waals surface area (Å²) in [5.41, 5.74) is 3.26. The van der Waals surface area contributed by atoms with Crippen LogP contribution < -0.4 is 11.1 Å². The number of nitrogens with one attached hydrogen (secondary N) is 1. The molecule has 1 amide bonds. The Kier molecular flexibility index (Phi) is 3.25. The molecule has 0 radical (unpaired) electrons.